The fourth-order valence-corrected chi connectivity index (χ4v) is 2.94. The summed E-state index contributed by atoms with van der Waals surface area (Å²) in [4.78, 5) is 16.6. The molecular weight excluding hydrogens is 362 g/mol. The van der Waals surface area contributed by atoms with E-state index in [1.807, 2.05) is 54.8 Å². The molecule has 0 aliphatic carbocycles. The standard InChI is InChI=1S/C25H19NO3/c1-28-22-11-7-18(8-12-22)15-19-16-24(26-17-19)20-9-13-23(14-10-20)29-25(27)21-5-3-2-4-6-21/h2-17H,1H3. The Morgan fingerprint density at radius 2 is 1.55 bits per heavy atom. The van der Waals surface area contributed by atoms with Gasteiger partial charge in [-0.1, -0.05) is 30.3 Å². The number of carbonyl (C=O) groups excluding carboxylic acids is 1. The number of allylic oxidation sites excluding steroid dienone is 2. The van der Waals surface area contributed by atoms with E-state index in [1.54, 1.807) is 43.5 Å². The lowest BCUT2D eigenvalue weighted by Crippen LogP contribution is -2.07. The van der Waals surface area contributed by atoms with Crippen molar-refractivity contribution in [2.75, 3.05) is 7.11 Å². The van der Waals surface area contributed by atoms with Crippen LogP contribution in [0.2, 0.25) is 0 Å². The summed E-state index contributed by atoms with van der Waals surface area (Å²) in [6, 6.07) is 24.1. The Labute approximate surface area is 169 Å². The van der Waals surface area contributed by atoms with E-state index >= 15 is 0 Å². The number of carbonyl (C=O) groups is 1. The summed E-state index contributed by atoms with van der Waals surface area (Å²) < 4.78 is 10.6. The minimum atomic E-state index is -0.374. The van der Waals surface area contributed by atoms with Crippen LogP contribution in [0.3, 0.4) is 0 Å². The first-order valence-electron chi connectivity index (χ1n) is 9.20. The molecule has 0 amide bonds. The molecule has 3 aromatic carbocycles. The summed E-state index contributed by atoms with van der Waals surface area (Å²) >= 11 is 0. The first-order chi connectivity index (χ1) is 14.2. The van der Waals surface area contributed by atoms with Crippen LogP contribution >= 0.6 is 0 Å². The van der Waals surface area contributed by atoms with Crippen LogP contribution < -0.4 is 9.47 Å². The average Bonchev–Trinajstić information content (AvgIpc) is 3.24. The molecule has 1 aliphatic heterocycles. The lowest BCUT2D eigenvalue weighted by molar-refractivity contribution is 0.0735. The molecular formula is C25H19NO3. The third kappa shape index (κ3) is 4.50. The van der Waals surface area contributed by atoms with Crippen LogP contribution in [0.25, 0.3) is 11.8 Å². The minimum Gasteiger partial charge on any atom is -0.497 e. The van der Waals surface area contributed by atoms with Gasteiger partial charge in [-0.05, 0) is 71.8 Å². The molecule has 0 aromatic heterocycles. The first kappa shape index (κ1) is 18.4. The molecule has 0 fully saturated rings. The van der Waals surface area contributed by atoms with Gasteiger partial charge in [0.2, 0.25) is 0 Å². The Morgan fingerprint density at radius 1 is 0.862 bits per heavy atom. The minimum absolute atomic E-state index is 0.374. The van der Waals surface area contributed by atoms with E-state index in [-0.39, 0.29) is 5.97 Å². The van der Waals surface area contributed by atoms with E-state index < -0.39 is 0 Å². The van der Waals surface area contributed by atoms with E-state index in [2.05, 4.69) is 11.1 Å². The van der Waals surface area contributed by atoms with E-state index in [4.69, 9.17) is 9.47 Å². The third-order valence-electron chi connectivity index (χ3n) is 4.48. The maximum atomic E-state index is 12.1. The van der Waals surface area contributed by atoms with Crippen LogP contribution in [0, 0.1) is 0 Å². The van der Waals surface area contributed by atoms with Crippen molar-refractivity contribution >= 4 is 24.0 Å². The molecule has 1 aliphatic rings. The summed E-state index contributed by atoms with van der Waals surface area (Å²) in [6.45, 7) is 0. The molecule has 0 unspecified atom stereocenters. The molecule has 4 nitrogen and oxygen atoms in total. The highest BCUT2D eigenvalue weighted by molar-refractivity contribution is 5.99. The maximum absolute atomic E-state index is 12.1. The van der Waals surface area contributed by atoms with E-state index in [0.717, 1.165) is 28.1 Å². The number of ether oxygens (including phenoxy) is 2. The van der Waals surface area contributed by atoms with Crippen molar-refractivity contribution < 1.29 is 14.3 Å². The highest BCUT2D eigenvalue weighted by atomic mass is 16.5. The molecule has 0 radical (unpaired) electrons. The first-order valence-corrected chi connectivity index (χ1v) is 9.20. The van der Waals surface area contributed by atoms with E-state index in [9.17, 15) is 4.79 Å². The lowest BCUT2D eigenvalue weighted by atomic mass is 10.1. The average molecular weight is 381 g/mol. The van der Waals surface area contributed by atoms with Crippen LogP contribution in [-0.2, 0) is 0 Å². The second kappa shape index (κ2) is 8.40. The fraction of sp³-hybridized carbons (Fsp3) is 0.0400. The third-order valence-corrected chi connectivity index (χ3v) is 4.48. The summed E-state index contributed by atoms with van der Waals surface area (Å²) in [5.74, 6) is 0.955. The number of rotatable bonds is 5. The summed E-state index contributed by atoms with van der Waals surface area (Å²) in [6.07, 6.45) is 5.92. The van der Waals surface area contributed by atoms with Gasteiger partial charge >= 0.3 is 5.97 Å². The zero-order valence-electron chi connectivity index (χ0n) is 15.9. The van der Waals surface area contributed by atoms with Gasteiger partial charge in [0.1, 0.15) is 11.5 Å². The molecule has 3 aromatic rings. The number of benzene rings is 3. The van der Waals surface area contributed by atoms with Crippen molar-refractivity contribution in [1.29, 1.82) is 0 Å². The summed E-state index contributed by atoms with van der Waals surface area (Å²) in [5, 5.41) is 0. The molecule has 0 N–H and O–H groups in total. The van der Waals surface area contributed by atoms with Gasteiger partial charge in [0.25, 0.3) is 0 Å². The monoisotopic (exact) mass is 381 g/mol. The van der Waals surface area contributed by atoms with Gasteiger partial charge in [-0.25, -0.2) is 4.79 Å². The second-order valence-corrected chi connectivity index (χ2v) is 6.49. The van der Waals surface area contributed by atoms with Crippen molar-refractivity contribution in [1.82, 2.24) is 0 Å². The number of nitrogens with zero attached hydrogens (tertiary/aromatic N) is 1. The van der Waals surface area contributed by atoms with Gasteiger partial charge in [0, 0.05) is 11.8 Å². The summed E-state index contributed by atoms with van der Waals surface area (Å²) in [5.41, 5.74) is 4.44. The largest absolute Gasteiger partial charge is 0.497 e. The number of aliphatic imine (C=N–C) groups is 1. The number of esters is 1. The zero-order chi connectivity index (χ0) is 20.1. The van der Waals surface area contributed by atoms with Crippen LogP contribution in [0.1, 0.15) is 21.5 Å². The smallest absolute Gasteiger partial charge is 0.343 e. The molecule has 142 valence electrons. The Balaban J connectivity index is 1.45. The van der Waals surface area contributed by atoms with E-state index in [1.165, 1.54) is 0 Å². The normalized spacial score (nSPS) is 14.0. The Hall–Kier alpha value is -3.92. The van der Waals surface area contributed by atoms with Gasteiger partial charge in [0.05, 0.1) is 18.4 Å². The molecule has 4 rings (SSSR count). The molecule has 0 saturated carbocycles. The number of hydrogen-bond donors (Lipinski definition) is 0. The van der Waals surface area contributed by atoms with Gasteiger partial charge < -0.3 is 9.47 Å². The van der Waals surface area contributed by atoms with Crippen molar-refractivity contribution in [2.45, 2.75) is 0 Å². The van der Waals surface area contributed by atoms with Crippen molar-refractivity contribution in [3.8, 4) is 11.5 Å². The quantitative estimate of drug-likeness (QED) is 0.438. The predicted molar refractivity (Wildman–Crippen MR) is 115 cm³/mol. The summed E-state index contributed by atoms with van der Waals surface area (Å²) in [7, 11) is 1.65. The number of hydrogen-bond acceptors (Lipinski definition) is 4. The van der Waals surface area contributed by atoms with E-state index in [0.29, 0.717) is 11.3 Å². The maximum Gasteiger partial charge on any atom is 0.343 e. The molecule has 0 saturated heterocycles. The predicted octanol–water partition coefficient (Wildman–Crippen LogP) is 5.42. The topological polar surface area (TPSA) is 47.9 Å². The Bertz CT molecular complexity index is 1090. The van der Waals surface area contributed by atoms with Gasteiger partial charge in [-0.3, -0.25) is 4.99 Å². The Morgan fingerprint density at radius 3 is 2.24 bits per heavy atom. The highest BCUT2D eigenvalue weighted by Gasteiger charge is 2.10. The lowest BCUT2D eigenvalue weighted by Gasteiger charge is -2.05. The van der Waals surface area contributed by atoms with Crippen molar-refractivity contribution in [3.05, 3.63) is 107 Å². The van der Waals surface area contributed by atoms with Gasteiger partial charge in [0.15, 0.2) is 0 Å². The molecule has 1 heterocycles. The highest BCUT2D eigenvalue weighted by Crippen LogP contribution is 2.26. The molecule has 4 heteroatoms. The molecule has 29 heavy (non-hydrogen) atoms. The molecule has 0 atom stereocenters. The fourth-order valence-electron chi connectivity index (χ4n) is 2.94. The van der Waals surface area contributed by atoms with Gasteiger partial charge in [-0.2, -0.15) is 0 Å². The van der Waals surface area contributed by atoms with Crippen molar-refractivity contribution in [2.24, 2.45) is 4.99 Å². The molecule has 0 bridgehead atoms. The van der Waals surface area contributed by atoms with Crippen LogP contribution in [0.4, 0.5) is 0 Å². The van der Waals surface area contributed by atoms with Crippen LogP contribution in [0.5, 0.6) is 11.5 Å². The second-order valence-electron chi connectivity index (χ2n) is 6.49. The SMILES string of the molecule is COc1ccc(C=C2C=NC(c3ccc(OC(=O)c4ccccc4)cc3)=C2)cc1. The van der Waals surface area contributed by atoms with Gasteiger partial charge in [-0.15, -0.1) is 0 Å². The molecule has 0 spiro atoms. The van der Waals surface area contributed by atoms with Crippen LogP contribution in [0.15, 0.2) is 95.5 Å². The van der Waals surface area contributed by atoms with Crippen LogP contribution in [-0.4, -0.2) is 19.3 Å². The number of methoxy groups -OCH3 is 1. The zero-order valence-corrected chi connectivity index (χ0v) is 15.9. The van der Waals surface area contributed by atoms with Crippen molar-refractivity contribution in [3.63, 3.8) is 0 Å². The Kier molecular flexibility index (Phi) is 5.34.